The number of benzene rings is 1. The van der Waals surface area contributed by atoms with Crippen molar-refractivity contribution in [3.63, 3.8) is 0 Å². The molecule has 2 heterocycles. The number of anilines is 1. The van der Waals surface area contributed by atoms with E-state index < -0.39 is 23.5 Å². The fourth-order valence-electron chi connectivity index (χ4n) is 2.65. The van der Waals surface area contributed by atoms with Gasteiger partial charge >= 0.3 is 6.18 Å². The second-order valence-electron chi connectivity index (χ2n) is 5.71. The van der Waals surface area contributed by atoms with E-state index in [1.54, 1.807) is 4.68 Å². The Hall–Kier alpha value is -2.49. The summed E-state index contributed by atoms with van der Waals surface area (Å²) in [5.74, 6) is -2.11. The summed E-state index contributed by atoms with van der Waals surface area (Å²) in [5, 5.41) is 13.2. The minimum Gasteiger partial charge on any atom is -0.321 e. The van der Waals surface area contributed by atoms with E-state index in [1.807, 2.05) is 0 Å². The lowest BCUT2D eigenvalue weighted by Gasteiger charge is -2.22. The molecule has 1 fully saturated rings. The third kappa shape index (κ3) is 3.95. The normalized spacial score (nSPS) is 16.0. The van der Waals surface area contributed by atoms with Gasteiger partial charge in [-0.2, -0.15) is 13.2 Å². The number of hydrogen-bond donors (Lipinski definition) is 2. The molecule has 0 bridgehead atoms. The first-order chi connectivity index (χ1) is 11.8. The molecule has 0 radical (unpaired) electrons. The molecule has 10 heteroatoms. The van der Waals surface area contributed by atoms with E-state index in [9.17, 15) is 22.4 Å². The number of carbonyl (C=O) groups excluding carboxylic acids is 1. The zero-order valence-electron chi connectivity index (χ0n) is 13.0. The average Bonchev–Trinajstić information content (AvgIpc) is 3.06. The van der Waals surface area contributed by atoms with Gasteiger partial charge in [0.15, 0.2) is 5.69 Å². The quantitative estimate of drug-likeness (QED) is 0.829. The third-order valence-electron chi connectivity index (χ3n) is 3.96. The summed E-state index contributed by atoms with van der Waals surface area (Å²) in [6.45, 7) is 1.67. The van der Waals surface area contributed by atoms with Crippen LogP contribution in [-0.4, -0.2) is 34.0 Å². The van der Waals surface area contributed by atoms with Crippen molar-refractivity contribution in [1.82, 2.24) is 20.3 Å². The summed E-state index contributed by atoms with van der Waals surface area (Å²) in [5.41, 5.74) is -1.63. The maximum Gasteiger partial charge on any atom is 0.419 e. The molecular formula is C15H15F4N5O. The molecular weight excluding hydrogens is 342 g/mol. The number of aromatic nitrogens is 3. The first kappa shape index (κ1) is 17.3. The second kappa shape index (κ2) is 6.79. The fraction of sp³-hybridized carbons (Fsp3) is 0.400. The number of nitrogens with one attached hydrogen (secondary N) is 2. The summed E-state index contributed by atoms with van der Waals surface area (Å²) < 4.78 is 53.0. The molecule has 1 aromatic carbocycles. The van der Waals surface area contributed by atoms with Gasteiger partial charge in [0.25, 0.3) is 5.91 Å². The van der Waals surface area contributed by atoms with Crippen molar-refractivity contribution in [3.05, 3.63) is 41.5 Å². The van der Waals surface area contributed by atoms with Gasteiger partial charge in [-0.3, -0.25) is 4.79 Å². The lowest BCUT2D eigenvalue weighted by Crippen LogP contribution is -2.29. The van der Waals surface area contributed by atoms with Gasteiger partial charge in [-0.05, 0) is 44.1 Å². The SMILES string of the molecule is O=C(Nc1ccc(F)c(C(F)(F)F)c1)c1cn(C2CCNCC2)nn1. The maximum atomic E-state index is 13.3. The monoisotopic (exact) mass is 357 g/mol. The van der Waals surface area contributed by atoms with Gasteiger partial charge in [-0.25, -0.2) is 9.07 Å². The first-order valence-corrected chi connectivity index (χ1v) is 7.65. The number of halogens is 4. The van der Waals surface area contributed by atoms with Crippen molar-refractivity contribution in [2.24, 2.45) is 0 Å². The van der Waals surface area contributed by atoms with Crippen LogP contribution in [0.2, 0.25) is 0 Å². The van der Waals surface area contributed by atoms with Crippen LogP contribution in [0.4, 0.5) is 23.2 Å². The summed E-state index contributed by atoms with van der Waals surface area (Å²) >= 11 is 0. The molecule has 0 aliphatic carbocycles. The minimum atomic E-state index is -4.84. The molecule has 0 atom stereocenters. The van der Waals surface area contributed by atoms with Crippen LogP contribution in [-0.2, 0) is 6.18 Å². The van der Waals surface area contributed by atoms with Gasteiger partial charge in [0.2, 0.25) is 0 Å². The van der Waals surface area contributed by atoms with Crippen molar-refractivity contribution in [2.45, 2.75) is 25.1 Å². The summed E-state index contributed by atoms with van der Waals surface area (Å²) in [7, 11) is 0. The van der Waals surface area contributed by atoms with E-state index in [2.05, 4.69) is 20.9 Å². The molecule has 2 aromatic rings. The Morgan fingerprint density at radius 2 is 2.00 bits per heavy atom. The first-order valence-electron chi connectivity index (χ1n) is 7.65. The number of piperidine rings is 1. The van der Waals surface area contributed by atoms with E-state index in [0.29, 0.717) is 12.1 Å². The molecule has 1 aromatic heterocycles. The molecule has 0 spiro atoms. The van der Waals surface area contributed by atoms with Crippen LogP contribution in [0.1, 0.15) is 34.9 Å². The Morgan fingerprint density at radius 3 is 2.68 bits per heavy atom. The topological polar surface area (TPSA) is 71.8 Å². The number of hydrogen-bond acceptors (Lipinski definition) is 4. The molecule has 1 saturated heterocycles. The van der Waals surface area contributed by atoms with Crippen molar-refractivity contribution < 1.29 is 22.4 Å². The van der Waals surface area contributed by atoms with Crippen molar-refractivity contribution >= 4 is 11.6 Å². The van der Waals surface area contributed by atoms with Crippen LogP contribution in [0.3, 0.4) is 0 Å². The van der Waals surface area contributed by atoms with Gasteiger partial charge in [0, 0.05) is 5.69 Å². The fourth-order valence-corrected chi connectivity index (χ4v) is 2.65. The van der Waals surface area contributed by atoms with Gasteiger partial charge in [0.1, 0.15) is 5.82 Å². The Bertz CT molecular complexity index is 768. The second-order valence-corrected chi connectivity index (χ2v) is 5.71. The predicted molar refractivity (Wildman–Crippen MR) is 80.5 cm³/mol. The highest BCUT2D eigenvalue weighted by atomic mass is 19.4. The van der Waals surface area contributed by atoms with E-state index in [0.717, 1.165) is 32.0 Å². The van der Waals surface area contributed by atoms with Gasteiger partial charge < -0.3 is 10.6 Å². The van der Waals surface area contributed by atoms with E-state index in [4.69, 9.17) is 0 Å². The highest BCUT2D eigenvalue weighted by molar-refractivity contribution is 6.02. The molecule has 25 heavy (non-hydrogen) atoms. The number of alkyl halides is 3. The average molecular weight is 357 g/mol. The van der Waals surface area contributed by atoms with Crippen molar-refractivity contribution in [3.8, 4) is 0 Å². The lowest BCUT2D eigenvalue weighted by molar-refractivity contribution is -0.139. The van der Waals surface area contributed by atoms with Crippen LogP contribution >= 0.6 is 0 Å². The summed E-state index contributed by atoms with van der Waals surface area (Å²) in [4.78, 5) is 12.1. The highest BCUT2D eigenvalue weighted by Gasteiger charge is 2.34. The molecule has 1 amide bonds. The van der Waals surface area contributed by atoms with Crippen LogP contribution in [0.15, 0.2) is 24.4 Å². The van der Waals surface area contributed by atoms with Crippen LogP contribution in [0.5, 0.6) is 0 Å². The molecule has 6 nitrogen and oxygen atoms in total. The molecule has 2 N–H and O–H groups in total. The lowest BCUT2D eigenvalue weighted by atomic mass is 10.1. The molecule has 1 aliphatic rings. The number of amides is 1. The van der Waals surface area contributed by atoms with Gasteiger partial charge in [0.05, 0.1) is 17.8 Å². The molecule has 134 valence electrons. The Morgan fingerprint density at radius 1 is 1.28 bits per heavy atom. The standard InChI is InChI=1S/C15H15F4N5O/c16-12-2-1-9(7-11(12)15(17,18)19)21-14(25)13-8-24(23-22-13)10-3-5-20-6-4-10/h1-2,7-8,10,20H,3-6H2,(H,21,25). The van der Waals surface area contributed by atoms with Crippen LogP contribution < -0.4 is 10.6 Å². The summed E-state index contributed by atoms with van der Waals surface area (Å²) in [6, 6.07) is 2.38. The number of carbonyl (C=O) groups is 1. The molecule has 0 saturated carbocycles. The third-order valence-corrected chi connectivity index (χ3v) is 3.96. The number of nitrogens with zero attached hydrogens (tertiary/aromatic N) is 3. The zero-order valence-corrected chi connectivity index (χ0v) is 13.0. The van der Waals surface area contributed by atoms with E-state index in [1.165, 1.54) is 6.20 Å². The highest BCUT2D eigenvalue weighted by Crippen LogP contribution is 2.33. The minimum absolute atomic E-state index is 0.0172. The van der Waals surface area contributed by atoms with E-state index >= 15 is 0 Å². The Kier molecular flexibility index (Phi) is 4.71. The van der Waals surface area contributed by atoms with Crippen molar-refractivity contribution in [1.29, 1.82) is 0 Å². The maximum absolute atomic E-state index is 13.3. The van der Waals surface area contributed by atoms with E-state index in [-0.39, 0.29) is 17.4 Å². The van der Waals surface area contributed by atoms with Gasteiger partial charge in [-0.15, -0.1) is 5.10 Å². The molecule has 0 unspecified atom stereocenters. The summed E-state index contributed by atoms with van der Waals surface area (Å²) in [6.07, 6.45) is -1.70. The van der Waals surface area contributed by atoms with Crippen LogP contribution in [0, 0.1) is 5.82 Å². The number of rotatable bonds is 3. The Labute approximate surface area is 140 Å². The smallest absolute Gasteiger partial charge is 0.321 e. The molecule has 1 aliphatic heterocycles. The predicted octanol–water partition coefficient (Wildman–Crippen LogP) is 2.61. The molecule has 3 rings (SSSR count). The Balaban J connectivity index is 1.73. The van der Waals surface area contributed by atoms with Crippen LogP contribution in [0.25, 0.3) is 0 Å². The largest absolute Gasteiger partial charge is 0.419 e. The zero-order chi connectivity index (χ0) is 18.0. The van der Waals surface area contributed by atoms with Crippen molar-refractivity contribution in [2.75, 3.05) is 18.4 Å². The van der Waals surface area contributed by atoms with Gasteiger partial charge in [-0.1, -0.05) is 5.21 Å².